The Morgan fingerprint density at radius 1 is 1.09 bits per heavy atom. The number of phenolic OH excluding ortho intramolecular Hbond substituents is 1. The van der Waals surface area contributed by atoms with Crippen LogP contribution in [0.1, 0.15) is 85.5 Å². The lowest BCUT2D eigenvalue weighted by Gasteiger charge is -2.26. The fraction of sp³-hybridized carbons (Fsp3) is 0.517. The molecule has 6 nitrogen and oxygen atoms in total. The maximum atomic E-state index is 12.1. The molecule has 190 valence electrons. The molecule has 0 bridgehead atoms. The summed E-state index contributed by atoms with van der Waals surface area (Å²) in [7, 11) is 1.45. The Labute approximate surface area is 208 Å². The number of ketones is 1. The van der Waals surface area contributed by atoms with Crippen molar-refractivity contribution in [1.29, 1.82) is 0 Å². The van der Waals surface area contributed by atoms with Crippen LogP contribution in [0.3, 0.4) is 0 Å². The van der Waals surface area contributed by atoms with E-state index in [2.05, 4.69) is 19.1 Å². The maximum Gasteiger partial charge on any atom is 0.309 e. The number of fused-ring (bicyclic) bond motifs is 1. The van der Waals surface area contributed by atoms with Crippen molar-refractivity contribution in [2.45, 2.75) is 72.1 Å². The molecule has 0 amide bonds. The van der Waals surface area contributed by atoms with E-state index in [-0.39, 0.29) is 29.3 Å². The van der Waals surface area contributed by atoms with Crippen LogP contribution in [0.5, 0.6) is 17.2 Å². The number of rotatable bonds is 11. The van der Waals surface area contributed by atoms with E-state index < -0.39 is 0 Å². The minimum Gasteiger partial charge on any atom is -0.507 e. The highest BCUT2D eigenvalue weighted by molar-refractivity contribution is 5.97. The molecule has 1 atom stereocenters. The predicted molar refractivity (Wildman–Crippen MR) is 136 cm³/mol. The molecule has 0 radical (unpaired) electrons. The number of methoxy groups -OCH3 is 1. The zero-order valence-electron chi connectivity index (χ0n) is 21.6. The van der Waals surface area contributed by atoms with Crippen LogP contribution in [0, 0.1) is 5.92 Å². The summed E-state index contributed by atoms with van der Waals surface area (Å²) in [5, 5.41) is 10.6. The highest BCUT2D eigenvalue weighted by atomic mass is 16.5. The second-order valence-corrected chi connectivity index (χ2v) is 9.53. The van der Waals surface area contributed by atoms with Crippen LogP contribution in [0.25, 0.3) is 0 Å². The third kappa shape index (κ3) is 6.16. The molecule has 1 N–H and O–H groups in total. The van der Waals surface area contributed by atoms with Crippen LogP contribution < -0.4 is 9.47 Å². The van der Waals surface area contributed by atoms with E-state index in [4.69, 9.17) is 14.2 Å². The number of esters is 1. The first-order valence-electron chi connectivity index (χ1n) is 12.6. The zero-order chi connectivity index (χ0) is 25.5. The van der Waals surface area contributed by atoms with Crippen LogP contribution in [0.4, 0.5) is 0 Å². The number of hydrogen-bond donors (Lipinski definition) is 1. The molecule has 0 saturated heterocycles. The Hall–Kier alpha value is -3.02. The van der Waals surface area contributed by atoms with Gasteiger partial charge in [-0.25, -0.2) is 0 Å². The molecule has 0 spiro atoms. The van der Waals surface area contributed by atoms with Gasteiger partial charge in [-0.1, -0.05) is 33.3 Å². The number of carbonyl (C=O) groups excluding carboxylic acids is 2. The number of hydrogen-bond acceptors (Lipinski definition) is 6. The average molecular weight is 483 g/mol. The summed E-state index contributed by atoms with van der Waals surface area (Å²) in [6.45, 7) is 8.44. The quantitative estimate of drug-likeness (QED) is 0.248. The molecular formula is C29H38O6. The molecule has 0 heterocycles. The van der Waals surface area contributed by atoms with Gasteiger partial charge in [-0.3, -0.25) is 9.59 Å². The average Bonchev–Trinajstić information content (AvgIpc) is 2.83. The number of ether oxygens (including phenoxy) is 3. The third-order valence-corrected chi connectivity index (χ3v) is 6.67. The molecule has 1 aliphatic carbocycles. The molecule has 6 heteroatoms. The first-order valence-corrected chi connectivity index (χ1v) is 12.6. The summed E-state index contributed by atoms with van der Waals surface area (Å²) in [5.74, 6) is 1.10. The van der Waals surface area contributed by atoms with Gasteiger partial charge in [-0.2, -0.15) is 0 Å². The Morgan fingerprint density at radius 2 is 1.77 bits per heavy atom. The van der Waals surface area contributed by atoms with Gasteiger partial charge in [0.1, 0.15) is 17.2 Å². The lowest BCUT2D eigenvalue weighted by atomic mass is 9.80. The molecule has 3 rings (SSSR count). The summed E-state index contributed by atoms with van der Waals surface area (Å²) < 4.78 is 17.1. The normalized spacial score (nSPS) is 15.0. The lowest BCUT2D eigenvalue weighted by molar-refractivity contribution is -0.145. The number of carbonyl (C=O) groups is 2. The largest absolute Gasteiger partial charge is 0.507 e. The van der Waals surface area contributed by atoms with Crippen molar-refractivity contribution in [3.63, 3.8) is 0 Å². The summed E-state index contributed by atoms with van der Waals surface area (Å²) in [6.07, 6.45) is 4.98. The van der Waals surface area contributed by atoms with Crippen molar-refractivity contribution in [2.24, 2.45) is 5.92 Å². The third-order valence-electron chi connectivity index (χ3n) is 6.67. The minimum atomic E-state index is -0.171. The van der Waals surface area contributed by atoms with Gasteiger partial charge in [0.15, 0.2) is 5.78 Å². The molecule has 1 unspecified atom stereocenters. The molecule has 2 aromatic carbocycles. The van der Waals surface area contributed by atoms with E-state index in [1.807, 2.05) is 13.8 Å². The van der Waals surface area contributed by atoms with Gasteiger partial charge in [0.25, 0.3) is 0 Å². The van der Waals surface area contributed by atoms with Gasteiger partial charge in [-0.05, 0) is 73.4 Å². The van der Waals surface area contributed by atoms with Crippen molar-refractivity contribution in [3.8, 4) is 17.2 Å². The predicted octanol–water partition coefficient (Wildman–Crippen LogP) is 5.80. The van der Waals surface area contributed by atoms with Gasteiger partial charge in [-0.15, -0.1) is 0 Å². The Bertz CT molecular complexity index is 1060. The minimum absolute atomic E-state index is 0.00442. The molecule has 0 aliphatic heterocycles. The van der Waals surface area contributed by atoms with Gasteiger partial charge in [0.2, 0.25) is 0 Å². The van der Waals surface area contributed by atoms with Crippen molar-refractivity contribution < 1.29 is 28.9 Å². The summed E-state index contributed by atoms with van der Waals surface area (Å²) in [5.41, 5.74) is 4.71. The van der Waals surface area contributed by atoms with Crippen LogP contribution in [0.2, 0.25) is 0 Å². The fourth-order valence-electron chi connectivity index (χ4n) is 4.89. The van der Waals surface area contributed by atoms with Crippen molar-refractivity contribution >= 4 is 11.8 Å². The summed E-state index contributed by atoms with van der Waals surface area (Å²) in [6, 6.07) is 7.55. The fourth-order valence-corrected chi connectivity index (χ4v) is 4.89. The molecular weight excluding hydrogens is 444 g/mol. The summed E-state index contributed by atoms with van der Waals surface area (Å²) >= 11 is 0. The van der Waals surface area contributed by atoms with Gasteiger partial charge in [0, 0.05) is 12.0 Å². The van der Waals surface area contributed by atoms with Crippen molar-refractivity contribution in [1.82, 2.24) is 0 Å². The summed E-state index contributed by atoms with van der Waals surface area (Å²) in [4.78, 5) is 23.9. The van der Waals surface area contributed by atoms with Crippen molar-refractivity contribution in [3.05, 3.63) is 52.1 Å². The molecule has 1 aliphatic rings. The van der Waals surface area contributed by atoms with Crippen LogP contribution in [-0.4, -0.2) is 37.2 Å². The van der Waals surface area contributed by atoms with Crippen LogP contribution in [0.15, 0.2) is 24.3 Å². The van der Waals surface area contributed by atoms with E-state index in [0.29, 0.717) is 42.9 Å². The topological polar surface area (TPSA) is 82.1 Å². The molecule has 0 aromatic heterocycles. The standard InChI is InChI=1S/C29H38O6/c1-6-8-23-24-17-21(29(32)33-5)10-9-20(24)11-13-25(23)34-15-7-16-35-26-14-12-22(19(4)30)28(31)27(26)18(2)3/h11-14,18,21,31H,6-10,15-17H2,1-5H3. The molecule has 0 saturated carbocycles. The monoisotopic (exact) mass is 482 g/mol. The lowest BCUT2D eigenvalue weighted by Crippen LogP contribution is -2.25. The first-order chi connectivity index (χ1) is 16.8. The van der Waals surface area contributed by atoms with E-state index >= 15 is 0 Å². The van der Waals surface area contributed by atoms with Gasteiger partial charge < -0.3 is 19.3 Å². The smallest absolute Gasteiger partial charge is 0.309 e. The Morgan fingerprint density at radius 3 is 2.40 bits per heavy atom. The Kier molecular flexibility index (Phi) is 9.19. The second kappa shape index (κ2) is 12.1. The second-order valence-electron chi connectivity index (χ2n) is 9.53. The van der Waals surface area contributed by atoms with E-state index in [9.17, 15) is 14.7 Å². The van der Waals surface area contributed by atoms with Gasteiger partial charge >= 0.3 is 5.97 Å². The van der Waals surface area contributed by atoms with Gasteiger partial charge in [0.05, 0.1) is 31.8 Å². The molecule has 35 heavy (non-hydrogen) atoms. The molecule has 0 fully saturated rings. The van der Waals surface area contributed by atoms with E-state index in [1.165, 1.54) is 30.7 Å². The van der Waals surface area contributed by atoms with Crippen LogP contribution >= 0.6 is 0 Å². The molecule has 2 aromatic rings. The van der Waals surface area contributed by atoms with E-state index in [0.717, 1.165) is 31.4 Å². The number of benzene rings is 2. The SMILES string of the molecule is CCCc1c(OCCCOc2ccc(C(C)=O)c(O)c2C(C)C)ccc2c1CC(C(=O)OC)CC2. The maximum absolute atomic E-state index is 12.1. The zero-order valence-corrected chi connectivity index (χ0v) is 21.6. The number of aromatic hydroxyl groups is 1. The van der Waals surface area contributed by atoms with Crippen molar-refractivity contribution in [2.75, 3.05) is 20.3 Å². The van der Waals surface area contributed by atoms with Crippen LogP contribution in [-0.2, 0) is 28.8 Å². The van der Waals surface area contributed by atoms with E-state index in [1.54, 1.807) is 12.1 Å². The highest BCUT2D eigenvalue weighted by Crippen LogP contribution is 2.38. The number of Topliss-reactive ketones (excluding diaryl/α,β-unsaturated/α-hetero) is 1. The first kappa shape index (κ1) is 26.6. The highest BCUT2D eigenvalue weighted by Gasteiger charge is 2.28. The Balaban J connectivity index is 1.65. The number of phenols is 1. The number of aryl methyl sites for hydroxylation is 1.